The molecule has 1 aromatic carbocycles. The van der Waals surface area contributed by atoms with Crippen molar-refractivity contribution < 1.29 is 4.79 Å². The van der Waals surface area contributed by atoms with Gasteiger partial charge >= 0.3 is 0 Å². The van der Waals surface area contributed by atoms with Gasteiger partial charge in [-0.3, -0.25) is 9.69 Å². The fourth-order valence-corrected chi connectivity index (χ4v) is 3.26. The Hall–Kier alpha value is -2.66. The molecule has 0 fully saturated rings. The second kappa shape index (κ2) is 8.15. The van der Waals surface area contributed by atoms with E-state index < -0.39 is 0 Å². The number of rotatable bonds is 7. The van der Waals surface area contributed by atoms with E-state index in [-0.39, 0.29) is 11.9 Å². The van der Waals surface area contributed by atoms with Gasteiger partial charge in [0.2, 0.25) is 5.91 Å². The summed E-state index contributed by atoms with van der Waals surface area (Å²) in [5.41, 5.74) is 4.11. The van der Waals surface area contributed by atoms with Crippen molar-refractivity contribution in [3.05, 3.63) is 71.7 Å². The largest absolute Gasteiger partial charge is 0.349 e. The van der Waals surface area contributed by atoms with E-state index in [0.29, 0.717) is 6.54 Å². The van der Waals surface area contributed by atoms with Crippen LogP contribution in [0.2, 0.25) is 0 Å². The van der Waals surface area contributed by atoms with Crippen LogP contribution < -0.4 is 5.32 Å². The molecule has 1 amide bonds. The van der Waals surface area contributed by atoms with Gasteiger partial charge in [0.15, 0.2) is 0 Å². The number of likely N-dealkylation sites (N-methyl/N-ethyl adjacent to an activating group) is 1. The van der Waals surface area contributed by atoms with Crippen molar-refractivity contribution in [1.82, 2.24) is 19.6 Å². The second-order valence-corrected chi connectivity index (χ2v) is 6.67. The molecule has 0 spiro atoms. The summed E-state index contributed by atoms with van der Waals surface area (Å²) >= 11 is 0. The molecular weight excluding hydrogens is 324 g/mol. The third kappa shape index (κ3) is 4.11. The fraction of sp³-hybridized carbons (Fsp3) is 0.333. The number of amides is 1. The van der Waals surface area contributed by atoms with Crippen LogP contribution in [0.15, 0.2) is 54.7 Å². The van der Waals surface area contributed by atoms with Gasteiger partial charge < -0.3 is 9.72 Å². The van der Waals surface area contributed by atoms with Gasteiger partial charge in [0.25, 0.3) is 0 Å². The summed E-state index contributed by atoms with van der Waals surface area (Å²) in [7, 11) is 2.00. The van der Waals surface area contributed by atoms with Crippen molar-refractivity contribution in [2.24, 2.45) is 0 Å². The van der Waals surface area contributed by atoms with E-state index in [1.165, 1.54) is 5.56 Å². The quantitative estimate of drug-likeness (QED) is 0.712. The van der Waals surface area contributed by atoms with Crippen LogP contribution in [0.4, 0.5) is 0 Å². The molecule has 2 heterocycles. The number of hydrogen-bond donors (Lipinski definition) is 1. The number of nitrogens with one attached hydrogen (secondary N) is 1. The van der Waals surface area contributed by atoms with Crippen molar-refractivity contribution in [1.29, 1.82) is 0 Å². The summed E-state index contributed by atoms with van der Waals surface area (Å²) in [6.07, 6.45) is 2.75. The van der Waals surface area contributed by atoms with Gasteiger partial charge in [-0.25, -0.2) is 4.98 Å². The van der Waals surface area contributed by atoms with Crippen molar-refractivity contribution in [3.8, 4) is 0 Å². The van der Waals surface area contributed by atoms with Gasteiger partial charge in [0, 0.05) is 18.4 Å². The first-order chi connectivity index (χ1) is 12.6. The molecule has 26 heavy (non-hydrogen) atoms. The molecule has 3 rings (SSSR count). The molecule has 0 unspecified atom stereocenters. The molecular formula is C21H26N4O. The summed E-state index contributed by atoms with van der Waals surface area (Å²) in [5.74, 6) is 0.0414. The van der Waals surface area contributed by atoms with E-state index >= 15 is 0 Å². The van der Waals surface area contributed by atoms with Crippen LogP contribution in [-0.4, -0.2) is 33.3 Å². The SMILES string of the molecule is CC[C@@H](C(=O)NCc1cn2c(C)cccc2n1)N(C)Cc1ccccc1. The lowest BCUT2D eigenvalue weighted by atomic mass is 10.1. The van der Waals surface area contributed by atoms with E-state index in [0.717, 1.165) is 30.0 Å². The molecule has 5 nitrogen and oxygen atoms in total. The number of aromatic nitrogens is 2. The van der Waals surface area contributed by atoms with Crippen LogP contribution in [0, 0.1) is 6.92 Å². The van der Waals surface area contributed by atoms with E-state index in [9.17, 15) is 4.79 Å². The molecule has 0 saturated heterocycles. The molecule has 0 bridgehead atoms. The Morgan fingerprint density at radius 1 is 1.19 bits per heavy atom. The van der Waals surface area contributed by atoms with Crippen molar-refractivity contribution in [3.63, 3.8) is 0 Å². The highest BCUT2D eigenvalue weighted by molar-refractivity contribution is 5.81. The molecule has 0 aliphatic heterocycles. The van der Waals surface area contributed by atoms with E-state index in [1.807, 2.05) is 67.9 Å². The smallest absolute Gasteiger partial charge is 0.237 e. The molecule has 0 aliphatic rings. The van der Waals surface area contributed by atoms with Crippen LogP contribution in [0.5, 0.6) is 0 Å². The highest BCUT2D eigenvalue weighted by Crippen LogP contribution is 2.11. The monoisotopic (exact) mass is 350 g/mol. The maximum absolute atomic E-state index is 12.7. The third-order valence-corrected chi connectivity index (χ3v) is 4.69. The lowest BCUT2D eigenvalue weighted by molar-refractivity contribution is -0.126. The van der Waals surface area contributed by atoms with Crippen LogP contribution in [-0.2, 0) is 17.9 Å². The van der Waals surface area contributed by atoms with Gasteiger partial charge in [0.1, 0.15) is 5.65 Å². The van der Waals surface area contributed by atoms with Gasteiger partial charge in [0.05, 0.1) is 18.3 Å². The Balaban J connectivity index is 1.62. The number of nitrogens with zero attached hydrogens (tertiary/aromatic N) is 3. The number of aryl methyl sites for hydroxylation is 1. The van der Waals surface area contributed by atoms with Gasteiger partial charge in [-0.2, -0.15) is 0 Å². The van der Waals surface area contributed by atoms with E-state index in [4.69, 9.17) is 0 Å². The first-order valence-corrected chi connectivity index (χ1v) is 9.04. The standard InChI is InChI=1S/C21H26N4O/c1-4-19(24(3)14-17-10-6-5-7-11-17)21(26)22-13-18-15-25-16(2)9-8-12-20(25)23-18/h5-12,15,19H,4,13-14H2,1-3H3,(H,22,26)/t19-/m0/s1. The van der Waals surface area contributed by atoms with Crippen molar-refractivity contribution in [2.45, 2.75) is 39.4 Å². The number of benzene rings is 1. The van der Waals surface area contributed by atoms with Crippen LogP contribution in [0.1, 0.15) is 30.3 Å². The normalized spacial score (nSPS) is 12.5. The van der Waals surface area contributed by atoms with Crippen LogP contribution in [0.3, 0.4) is 0 Å². The lowest BCUT2D eigenvalue weighted by Crippen LogP contribution is -2.44. The number of fused-ring (bicyclic) bond motifs is 1. The zero-order valence-corrected chi connectivity index (χ0v) is 15.6. The molecule has 2 aromatic heterocycles. The minimum atomic E-state index is -0.158. The summed E-state index contributed by atoms with van der Waals surface area (Å²) < 4.78 is 2.04. The Bertz CT molecular complexity index is 872. The number of carbonyl (C=O) groups excluding carboxylic acids is 1. The maximum Gasteiger partial charge on any atom is 0.237 e. The molecule has 136 valence electrons. The number of hydrogen-bond acceptors (Lipinski definition) is 3. The molecule has 0 aliphatic carbocycles. The Labute approximate surface area is 154 Å². The zero-order chi connectivity index (χ0) is 18.5. The minimum absolute atomic E-state index is 0.0414. The predicted molar refractivity (Wildman–Crippen MR) is 104 cm³/mol. The Morgan fingerprint density at radius 3 is 2.65 bits per heavy atom. The maximum atomic E-state index is 12.7. The van der Waals surface area contributed by atoms with Gasteiger partial charge in [-0.1, -0.05) is 43.3 Å². The Kier molecular flexibility index (Phi) is 5.68. The first-order valence-electron chi connectivity index (χ1n) is 9.04. The Morgan fingerprint density at radius 2 is 1.96 bits per heavy atom. The average molecular weight is 350 g/mol. The molecule has 0 radical (unpaired) electrons. The van der Waals surface area contributed by atoms with Crippen LogP contribution in [0.25, 0.3) is 5.65 Å². The highest BCUT2D eigenvalue weighted by atomic mass is 16.2. The van der Waals surface area contributed by atoms with Gasteiger partial charge in [-0.15, -0.1) is 0 Å². The first kappa shape index (κ1) is 18.1. The topological polar surface area (TPSA) is 49.6 Å². The second-order valence-electron chi connectivity index (χ2n) is 6.67. The zero-order valence-electron chi connectivity index (χ0n) is 15.6. The molecule has 0 saturated carbocycles. The predicted octanol–water partition coefficient (Wildman–Crippen LogP) is 3.17. The lowest BCUT2D eigenvalue weighted by Gasteiger charge is -2.26. The summed E-state index contributed by atoms with van der Waals surface area (Å²) in [6, 6.07) is 16.1. The van der Waals surface area contributed by atoms with Crippen molar-refractivity contribution >= 4 is 11.6 Å². The number of carbonyl (C=O) groups is 1. The summed E-state index contributed by atoms with van der Waals surface area (Å²) in [4.78, 5) is 19.3. The average Bonchev–Trinajstić information content (AvgIpc) is 3.06. The molecule has 1 N–H and O–H groups in total. The third-order valence-electron chi connectivity index (χ3n) is 4.69. The van der Waals surface area contributed by atoms with E-state index in [1.54, 1.807) is 0 Å². The van der Waals surface area contributed by atoms with E-state index in [2.05, 4.69) is 27.3 Å². The van der Waals surface area contributed by atoms with Crippen LogP contribution >= 0.6 is 0 Å². The van der Waals surface area contributed by atoms with Crippen molar-refractivity contribution in [2.75, 3.05) is 7.05 Å². The minimum Gasteiger partial charge on any atom is -0.349 e. The summed E-state index contributed by atoms with van der Waals surface area (Å²) in [5, 5.41) is 3.04. The summed E-state index contributed by atoms with van der Waals surface area (Å²) in [6.45, 7) is 5.28. The number of imidazole rings is 1. The van der Waals surface area contributed by atoms with Gasteiger partial charge in [-0.05, 0) is 38.1 Å². The molecule has 5 heteroatoms. The molecule has 3 aromatic rings. The number of pyridine rings is 1. The fourth-order valence-electron chi connectivity index (χ4n) is 3.26. The highest BCUT2D eigenvalue weighted by Gasteiger charge is 2.21. The molecule has 1 atom stereocenters.